The zero-order valence-electron chi connectivity index (χ0n) is 18.3. The number of esters is 1. The van der Waals surface area contributed by atoms with Gasteiger partial charge >= 0.3 is 5.97 Å². The Hall–Kier alpha value is -3.10. The van der Waals surface area contributed by atoms with Crippen molar-refractivity contribution in [2.75, 3.05) is 13.2 Å². The van der Waals surface area contributed by atoms with Gasteiger partial charge in [0.15, 0.2) is 5.16 Å². The number of benzene rings is 2. The summed E-state index contributed by atoms with van der Waals surface area (Å²) in [5.74, 6) is 0.422. The molecule has 0 spiro atoms. The molecular weight excluding hydrogens is 440 g/mol. The Kier molecular flexibility index (Phi) is 6.20. The first-order valence-electron chi connectivity index (χ1n) is 11.1. The highest BCUT2D eigenvalue weighted by atomic mass is 32.2. The van der Waals surface area contributed by atoms with Gasteiger partial charge in [0.2, 0.25) is 0 Å². The average molecular weight is 465 g/mol. The summed E-state index contributed by atoms with van der Waals surface area (Å²) in [4.78, 5) is 30.8. The molecule has 1 unspecified atom stereocenters. The molecular formula is C25H24N2O5S. The van der Waals surface area contributed by atoms with Crippen molar-refractivity contribution in [2.24, 2.45) is 0 Å². The topological polar surface area (TPSA) is 83.6 Å². The summed E-state index contributed by atoms with van der Waals surface area (Å²) in [6, 6.07) is 14.7. The van der Waals surface area contributed by atoms with Gasteiger partial charge in [-0.3, -0.25) is 9.36 Å². The monoisotopic (exact) mass is 464 g/mol. The van der Waals surface area contributed by atoms with Gasteiger partial charge in [-0.15, -0.1) is 0 Å². The van der Waals surface area contributed by atoms with E-state index in [0.717, 1.165) is 18.2 Å². The molecule has 0 aliphatic carbocycles. The number of thioether (sulfide) groups is 1. The van der Waals surface area contributed by atoms with Crippen molar-refractivity contribution in [3.8, 4) is 0 Å². The zero-order valence-corrected chi connectivity index (χ0v) is 19.1. The third-order valence-corrected chi connectivity index (χ3v) is 6.69. The Morgan fingerprint density at radius 1 is 1.18 bits per heavy atom. The number of nitrogens with zero attached hydrogens (tertiary/aromatic N) is 2. The van der Waals surface area contributed by atoms with E-state index in [1.165, 1.54) is 11.8 Å². The van der Waals surface area contributed by atoms with Gasteiger partial charge in [-0.1, -0.05) is 42.1 Å². The number of hydrogen-bond acceptors (Lipinski definition) is 7. The molecule has 1 saturated heterocycles. The fraction of sp³-hybridized carbons (Fsp3) is 0.320. The second-order valence-corrected chi connectivity index (χ2v) is 8.81. The Balaban J connectivity index is 1.53. The molecule has 5 rings (SSSR count). The van der Waals surface area contributed by atoms with Crippen LogP contribution in [0, 0.1) is 0 Å². The predicted molar refractivity (Wildman–Crippen MR) is 127 cm³/mol. The predicted octanol–water partition coefficient (Wildman–Crippen LogP) is 4.79. The summed E-state index contributed by atoms with van der Waals surface area (Å²) >= 11 is 1.37. The van der Waals surface area contributed by atoms with E-state index < -0.39 is 5.97 Å². The minimum atomic E-state index is -0.415. The van der Waals surface area contributed by atoms with E-state index in [4.69, 9.17) is 18.9 Å². The van der Waals surface area contributed by atoms with E-state index in [9.17, 15) is 9.59 Å². The molecule has 1 fully saturated rings. The van der Waals surface area contributed by atoms with Crippen LogP contribution in [-0.2, 0) is 21.8 Å². The van der Waals surface area contributed by atoms with Crippen LogP contribution in [0.25, 0.3) is 21.9 Å². The van der Waals surface area contributed by atoms with Gasteiger partial charge in [0.05, 0.1) is 35.9 Å². The SMILES string of the molecule is CCOC(=O)c1c(CSc2nc3ccccc3c(=O)n2CC2CCCO2)oc2ccccc12. The molecule has 7 nitrogen and oxygen atoms in total. The van der Waals surface area contributed by atoms with Crippen LogP contribution in [0.15, 0.2) is 62.9 Å². The third-order valence-electron chi connectivity index (χ3n) is 5.72. The van der Waals surface area contributed by atoms with Gasteiger partial charge in [-0.2, -0.15) is 0 Å². The molecule has 1 aliphatic rings. The Morgan fingerprint density at radius 3 is 2.76 bits per heavy atom. The minimum Gasteiger partial charge on any atom is -0.462 e. The molecule has 8 heteroatoms. The number of carbonyl (C=O) groups excluding carboxylic acids is 1. The van der Waals surface area contributed by atoms with Crippen LogP contribution in [0.2, 0.25) is 0 Å². The fourth-order valence-electron chi connectivity index (χ4n) is 4.17. The maximum Gasteiger partial charge on any atom is 0.342 e. The molecule has 4 aromatic rings. The summed E-state index contributed by atoms with van der Waals surface area (Å²) in [5.41, 5.74) is 1.60. The highest BCUT2D eigenvalue weighted by Crippen LogP contribution is 2.32. The first-order valence-corrected chi connectivity index (χ1v) is 12.1. The highest BCUT2D eigenvalue weighted by Gasteiger charge is 2.24. The maximum absolute atomic E-state index is 13.3. The van der Waals surface area contributed by atoms with Crippen LogP contribution < -0.4 is 5.56 Å². The highest BCUT2D eigenvalue weighted by molar-refractivity contribution is 7.98. The molecule has 1 aliphatic heterocycles. The van der Waals surface area contributed by atoms with Gasteiger partial charge in [0, 0.05) is 12.0 Å². The van der Waals surface area contributed by atoms with Gasteiger partial charge in [-0.25, -0.2) is 9.78 Å². The quantitative estimate of drug-likeness (QED) is 0.221. The molecule has 3 heterocycles. The van der Waals surface area contributed by atoms with Gasteiger partial charge < -0.3 is 13.9 Å². The van der Waals surface area contributed by atoms with Crippen LogP contribution in [0.1, 0.15) is 35.9 Å². The van der Waals surface area contributed by atoms with Gasteiger partial charge in [0.1, 0.15) is 16.9 Å². The summed E-state index contributed by atoms with van der Waals surface area (Å²) in [6.07, 6.45) is 1.90. The lowest BCUT2D eigenvalue weighted by Gasteiger charge is -2.16. The normalized spacial score (nSPS) is 16.0. The summed E-state index contributed by atoms with van der Waals surface area (Å²) in [6.45, 7) is 3.21. The van der Waals surface area contributed by atoms with Crippen molar-refractivity contribution >= 4 is 39.6 Å². The standard InChI is InChI=1S/C25H24N2O5S/c1-2-30-24(29)22-18-10-4-6-12-20(18)32-21(22)15-33-25-26-19-11-5-3-9-17(19)23(28)27(25)14-16-8-7-13-31-16/h3-6,9-12,16H,2,7-8,13-15H2,1H3. The Labute approximate surface area is 194 Å². The number of aromatic nitrogens is 2. The summed E-state index contributed by atoms with van der Waals surface area (Å²) in [7, 11) is 0. The van der Waals surface area contributed by atoms with Crippen LogP contribution in [0.3, 0.4) is 0 Å². The van der Waals surface area contributed by atoms with Crippen LogP contribution in [0.4, 0.5) is 0 Å². The van der Waals surface area contributed by atoms with Crippen molar-refractivity contribution in [3.63, 3.8) is 0 Å². The van der Waals surface area contributed by atoms with Gasteiger partial charge in [-0.05, 0) is 38.0 Å². The van der Waals surface area contributed by atoms with Crippen molar-refractivity contribution in [3.05, 3.63) is 70.2 Å². The third kappa shape index (κ3) is 4.28. The van der Waals surface area contributed by atoms with Crippen LogP contribution in [-0.4, -0.2) is 34.8 Å². The van der Waals surface area contributed by atoms with Crippen molar-refractivity contribution in [1.29, 1.82) is 0 Å². The van der Waals surface area contributed by atoms with Crippen molar-refractivity contribution < 1.29 is 18.7 Å². The van der Waals surface area contributed by atoms with E-state index in [1.54, 1.807) is 17.6 Å². The molecule has 0 N–H and O–H groups in total. The minimum absolute atomic E-state index is 0.00805. The molecule has 2 aromatic heterocycles. The largest absolute Gasteiger partial charge is 0.462 e. The van der Waals surface area contributed by atoms with Gasteiger partial charge in [0.25, 0.3) is 5.56 Å². The van der Waals surface area contributed by atoms with E-state index in [1.807, 2.05) is 42.5 Å². The fourth-order valence-corrected chi connectivity index (χ4v) is 5.11. The molecule has 33 heavy (non-hydrogen) atoms. The summed E-state index contributed by atoms with van der Waals surface area (Å²) < 4.78 is 18.8. The molecule has 0 saturated carbocycles. The molecule has 1 atom stereocenters. The lowest BCUT2D eigenvalue weighted by Crippen LogP contribution is -2.28. The Bertz CT molecular complexity index is 1370. The number of furan rings is 1. The van der Waals surface area contributed by atoms with Crippen molar-refractivity contribution in [2.45, 2.75) is 43.3 Å². The average Bonchev–Trinajstić information content (AvgIpc) is 3.47. The van der Waals surface area contributed by atoms with E-state index >= 15 is 0 Å². The smallest absolute Gasteiger partial charge is 0.342 e. The second-order valence-electron chi connectivity index (χ2n) is 7.87. The van der Waals surface area contributed by atoms with E-state index in [2.05, 4.69) is 0 Å². The first kappa shape index (κ1) is 21.7. The second kappa shape index (κ2) is 9.41. The summed E-state index contributed by atoms with van der Waals surface area (Å²) in [5, 5.41) is 1.87. The lowest BCUT2D eigenvalue weighted by molar-refractivity contribution is 0.0526. The van der Waals surface area contributed by atoms with Crippen molar-refractivity contribution in [1.82, 2.24) is 9.55 Å². The van der Waals surface area contributed by atoms with Crippen LogP contribution in [0.5, 0.6) is 0 Å². The van der Waals surface area contributed by atoms with E-state index in [-0.39, 0.29) is 18.3 Å². The first-order chi connectivity index (χ1) is 16.2. The number of carbonyl (C=O) groups is 1. The molecule has 0 amide bonds. The molecule has 2 aromatic carbocycles. The number of hydrogen-bond donors (Lipinski definition) is 0. The zero-order chi connectivity index (χ0) is 22.8. The van der Waals surface area contributed by atoms with E-state index in [0.29, 0.717) is 51.9 Å². The Morgan fingerprint density at radius 2 is 1.97 bits per heavy atom. The number of fused-ring (bicyclic) bond motifs is 2. The molecule has 0 radical (unpaired) electrons. The number of rotatable bonds is 7. The molecule has 170 valence electrons. The number of para-hydroxylation sites is 2. The maximum atomic E-state index is 13.3. The van der Waals surface area contributed by atoms with Crippen LogP contribution >= 0.6 is 11.8 Å². The molecule has 0 bridgehead atoms. The lowest BCUT2D eigenvalue weighted by atomic mass is 10.1. The number of ether oxygens (including phenoxy) is 2.